The summed E-state index contributed by atoms with van der Waals surface area (Å²) in [5.74, 6) is -1.17. The van der Waals surface area contributed by atoms with Gasteiger partial charge in [0, 0.05) is 26.2 Å². The molecule has 2 aliphatic heterocycles. The molecule has 0 aliphatic carbocycles. The lowest BCUT2D eigenvalue weighted by Crippen LogP contribution is -2.62. The first-order valence-electron chi connectivity index (χ1n) is 11.6. The van der Waals surface area contributed by atoms with Gasteiger partial charge in [-0.25, -0.2) is 18.2 Å². The molecule has 37 heavy (non-hydrogen) atoms. The minimum absolute atomic E-state index is 0.0170. The van der Waals surface area contributed by atoms with Crippen molar-refractivity contribution in [2.45, 2.75) is 42.7 Å². The lowest BCUT2D eigenvalue weighted by Gasteiger charge is -2.43. The highest BCUT2D eigenvalue weighted by Gasteiger charge is 2.55. The van der Waals surface area contributed by atoms with Gasteiger partial charge in [-0.05, 0) is 62.1 Å². The first-order valence-corrected chi connectivity index (χ1v) is 13.0. The fraction of sp³-hybridized carbons (Fsp3) is 0.478. The molecular weight excluding hydrogens is 519 g/mol. The number of halogens is 3. The van der Waals surface area contributed by atoms with E-state index in [-0.39, 0.29) is 63.4 Å². The zero-order chi connectivity index (χ0) is 26.8. The molecular formula is C23H26F3N3O7S. The van der Waals surface area contributed by atoms with Crippen molar-refractivity contribution >= 4 is 21.8 Å². The lowest BCUT2D eigenvalue weighted by molar-refractivity contribution is -0.137. The normalized spacial score (nSPS) is 19.4. The number of carbonyl (C=O) groups excluding carboxylic acids is 2. The van der Waals surface area contributed by atoms with E-state index in [1.807, 2.05) is 0 Å². The number of alkyl halides is 3. The first-order chi connectivity index (χ1) is 17.5. The summed E-state index contributed by atoms with van der Waals surface area (Å²) < 4.78 is 75.6. The number of benzene rings is 1. The van der Waals surface area contributed by atoms with Gasteiger partial charge in [0.05, 0.1) is 11.8 Å². The van der Waals surface area contributed by atoms with E-state index in [1.165, 1.54) is 39.1 Å². The summed E-state index contributed by atoms with van der Waals surface area (Å²) in [6, 6.07) is 7.29. The molecule has 0 spiro atoms. The molecule has 2 fully saturated rings. The second-order valence-corrected chi connectivity index (χ2v) is 11.2. The van der Waals surface area contributed by atoms with E-state index >= 15 is 0 Å². The maximum absolute atomic E-state index is 13.6. The van der Waals surface area contributed by atoms with Crippen LogP contribution in [0.5, 0.6) is 5.75 Å². The summed E-state index contributed by atoms with van der Waals surface area (Å²) in [6.07, 6.45) is -3.50. The van der Waals surface area contributed by atoms with Crippen LogP contribution < -0.4 is 10.2 Å². The van der Waals surface area contributed by atoms with Gasteiger partial charge in [0.2, 0.25) is 10.0 Å². The molecule has 10 nitrogen and oxygen atoms in total. The van der Waals surface area contributed by atoms with Crippen molar-refractivity contribution < 1.29 is 45.5 Å². The van der Waals surface area contributed by atoms with Crippen molar-refractivity contribution in [1.29, 1.82) is 0 Å². The number of furan rings is 1. The molecule has 0 atom stereocenters. The van der Waals surface area contributed by atoms with E-state index in [0.29, 0.717) is 0 Å². The molecule has 0 radical (unpaired) electrons. The highest BCUT2D eigenvalue weighted by Crippen LogP contribution is 2.36. The fourth-order valence-electron chi connectivity index (χ4n) is 4.68. The van der Waals surface area contributed by atoms with Gasteiger partial charge >= 0.3 is 6.18 Å². The van der Waals surface area contributed by atoms with E-state index < -0.39 is 44.4 Å². The minimum atomic E-state index is -4.46. The van der Waals surface area contributed by atoms with Crippen molar-refractivity contribution in [3.05, 3.63) is 54.0 Å². The van der Waals surface area contributed by atoms with Crippen LogP contribution in [0.4, 0.5) is 13.2 Å². The average Bonchev–Trinajstić information content (AvgIpc) is 3.43. The summed E-state index contributed by atoms with van der Waals surface area (Å²) in [4.78, 5) is 26.7. The van der Waals surface area contributed by atoms with Gasteiger partial charge in [0.25, 0.3) is 11.8 Å². The Morgan fingerprint density at radius 1 is 1.05 bits per heavy atom. The highest BCUT2D eigenvalue weighted by molar-refractivity contribution is 7.91. The van der Waals surface area contributed by atoms with Gasteiger partial charge in [0.15, 0.2) is 10.5 Å². The molecule has 4 rings (SSSR count). The maximum Gasteiger partial charge on any atom is 0.416 e. The van der Waals surface area contributed by atoms with Crippen molar-refractivity contribution in [3.63, 3.8) is 0 Å². The zero-order valence-corrected chi connectivity index (χ0v) is 20.4. The third-order valence-electron chi connectivity index (χ3n) is 6.82. The van der Waals surface area contributed by atoms with Gasteiger partial charge < -0.3 is 14.1 Å². The molecule has 1 aromatic carbocycles. The number of hydrogen-bond donors (Lipinski definition) is 2. The Morgan fingerprint density at radius 2 is 1.68 bits per heavy atom. The number of likely N-dealkylation sites (tertiary alicyclic amines) is 1. The number of ether oxygens (including phenoxy) is 1. The van der Waals surface area contributed by atoms with Gasteiger partial charge in [-0.2, -0.15) is 13.2 Å². The smallest absolute Gasteiger partial charge is 0.416 e. The number of nitrogens with one attached hydrogen (secondary N) is 1. The third kappa shape index (κ3) is 5.31. The molecule has 0 bridgehead atoms. The Kier molecular flexibility index (Phi) is 7.53. The standard InChI is InChI=1S/C23H26F3N3O7S/c24-23(25,26)16-3-5-17(6-4-16)36-18-7-11-29(12-8-18)37(33,34)22(21(31)27-32)9-13-28(14-10-22)20(30)19-2-1-15-35-19/h1-6,15,18,32H,7-14H2,(H,27,31). The number of hydrogen-bond acceptors (Lipinski definition) is 7. The van der Waals surface area contributed by atoms with Crippen LogP contribution >= 0.6 is 0 Å². The lowest BCUT2D eigenvalue weighted by atomic mass is 9.94. The maximum atomic E-state index is 13.6. The predicted octanol–water partition coefficient (Wildman–Crippen LogP) is 2.65. The average molecular weight is 546 g/mol. The molecule has 0 saturated carbocycles. The van der Waals surface area contributed by atoms with Crippen LogP contribution in [0.15, 0.2) is 47.1 Å². The van der Waals surface area contributed by atoms with E-state index in [2.05, 4.69) is 0 Å². The molecule has 2 aliphatic rings. The van der Waals surface area contributed by atoms with Gasteiger partial charge in [-0.1, -0.05) is 0 Å². The van der Waals surface area contributed by atoms with Crippen molar-refractivity contribution in [2.75, 3.05) is 26.2 Å². The van der Waals surface area contributed by atoms with Crippen LogP contribution in [0.25, 0.3) is 0 Å². The number of hydroxylamine groups is 1. The third-order valence-corrected chi connectivity index (χ3v) is 9.45. The SMILES string of the molecule is O=C(c1ccco1)N1CCC(C(=O)NO)(S(=O)(=O)N2CCC(Oc3ccc(C(F)(F)F)cc3)CC2)CC1. The van der Waals surface area contributed by atoms with E-state index in [0.717, 1.165) is 12.1 Å². The van der Waals surface area contributed by atoms with Crippen LogP contribution in [0.2, 0.25) is 0 Å². The summed E-state index contributed by atoms with van der Waals surface area (Å²) in [6.45, 7) is -0.0500. The fourth-order valence-corrected chi connectivity index (χ4v) is 6.85. The zero-order valence-electron chi connectivity index (χ0n) is 19.6. The molecule has 2 aromatic rings. The number of nitrogens with zero attached hydrogens (tertiary/aromatic N) is 2. The molecule has 2 saturated heterocycles. The van der Waals surface area contributed by atoms with Crippen LogP contribution in [-0.2, 0) is 21.0 Å². The van der Waals surface area contributed by atoms with Crippen molar-refractivity contribution in [3.8, 4) is 5.75 Å². The number of carbonyl (C=O) groups is 2. The summed E-state index contributed by atoms with van der Waals surface area (Å²) in [5, 5.41) is 9.35. The van der Waals surface area contributed by atoms with Gasteiger partial charge in [-0.3, -0.25) is 14.8 Å². The van der Waals surface area contributed by atoms with Gasteiger partial charge in [-0.15, -0.1) is 0 Å². The highest BCUT2D eigenvalue weighted by atomic mass is 32.2. The van der Waals surface area contributed by atoms with Crippen LogP contribution in [-0.4, -0.2) is 71.7 Å². The van der Waals surface area contributed by atoms with Crippen LogP contribution in [0.1, 0.15) is 41.8 Å². The Balaban J connectivity index is 1.41. The van der Waals surface area contributed by atoms with Crippen molar-refractivity contribution in [2.24, 2.45) is 0 Å². The molecule has 1 aromatic heterocycles. The largest absolute Gasteiger partial charge is 0.490 e. The predicted molar refractivity (Wildman–Crippen MR) is 122 cm³/mol. The summed E-state index contributed by atoms with van der Waals surface area (Å²) in [7, 11) is -4.26. The quantitative estimate of drug-likeness (QED) is 0.422. The number of amides is 2. The number of rotatable bonds is 6. The minimum Gasteiger partial charge on any atom is -0.490 e. The van der Waals surface area contributed by atoms with Gasteiger partial charge in [0.1, 0.15) is 11.9 Å². The number of piperidine rings is 2. The Hall–Kier alpha value is -3.10. The second kappa shape index (κ2) is 10.3. The molecule has 14 heteroatoms. The second-order valence-electron chi connectivity index (χ2n) is 8.95. The molecule has 0 unspecified atom stereocenters. The van der Waals surface area contributed by atoms with Crippen LogP contribution in [0.3, 0.4) is 0 Å². The number of sulfonamides is 1. The molecule has 202 valence electrons. The Morgan fingerprint density at radius 3 is 2.19 bits per heavy atom. The molecule has 2 N–H and O–H groups in total. The van der Waals surface area contributed by atoms with E-state index in [1.54, 1.807) is 6.07 Å². The molecule has 3 heterocycles. The Labute approximate surface area is 211 Å². The van der Waals surface area contributed by atoms with Crippen molar-refractivity contribution in [1.82, 2.24) is 14.7 Å². The topological polar surface area (TPSA) is 129 Å². The van der Waals surface area contributed by atoms with E-state index in [4.69, 9.17) is 9.15 Å². The van der Waals surface area contributed by atoms with Crippen LogP contribution in [0, 0.1) is 0 Å². The first kappa shape index (κ1) is 26.9. The summed E-state index contributed by atoms with van der Waals surface area (Å²) in [5.41, 5.74) is 0.677. The molecule has 2 amide bonds. The monoisotopic (exact) mass is 545 g/mol. The summed E-state index contributed by atoms with van der Waals surface area (Å²) >= 11 is 0. The van der Waals surface area contributed by atoms with E-state index in [9.17, 15) is 36.4 Å². The Bertz CT molecular complexity index is 1200.